The van der Waals surface area contributed by atoms with E-state index in [9.17, 15) is 0 Å². The molecule has 8 aromatic carbocycles. The van der Waals surface area contributed by atoms with Crippen LogP contribution in [0.4, 0.5) is 0 Å². The summed E-state index contributed by atoms with van der Waals surface area (Å²) in [4.78, 5) is 0. The molecule has 0 radical (unpaired) electrons. The van der Waals surface area contributed by atoms with Gasteiger partial charge in [-0.1, -0.05) is 212 Å². The molecule has 0 atom stereocenters. The number of hydrogen-bond donors (Lipinski definition) is 0. The number of benzene rings is 8. The fourth-order valence-corrected chi connectivity index (χ4v) is 15.2. The first-order valence-electron chi connectivity index (χ1n) is 17.2. The molecular formula is C46H35O3P3. The molecule has 6 heteroatoms. The lowest BCUT2D eigenvalue weighted by Gasteiger charge is -2.25. The van der Waals surface area contributed by atoms with E-state index >= 15 is 13.7 Å². The Labute approximate surface area is 304 Å². The van der Waals surface area contributed by atoms with Gasteiger partial charge in [0.05, 0.1) is 0 Å². The van der Waals surface area contributed by atoms with E-state index < -0.39 is 21.4 Å². The zero-order chi connectivity index (χ0) is 35.6. The van der Waals surface area contributed by atoms with Gasteiger partial charge in [-0.25, -0.2) is 0 Å². The van der Waals surface area contributed by atoms with Gasteiger partial charge in [0, 0.05) is 47.7 Å². The van der Waals surface area contributed by atoms with Crippen molar-refractivity contribution in [3.8, 4) is 0 Å². The molecule has 0 saturated heterocycles. The molecule has 3 nitrogen and oxygen atoms in total. The van der Waals surface area contributed by atoms with Gasteiger partial charge in [-0.15, -0.1) is 0 Å². The topological polar surface area (TPSA) is 51.2 Å². The van der Waals surface area contributed by atoms with Gasteiger partial charge < -0.3 is 13.7 Å². The lowest BCUT2D eigenvalue weighted by Crippen LogP contribution is -2.30. The fraction of sp³-hybridized carbons (Fsp3) is 0. The van der Waals surface area contributed by atoms with Crippen molar-refractivity contribution in [2.45, 2.75) is 0 Å². The monoisotopic (exact) mass is 728 g/mol. The summed E-state index contributed by atoms with van der Waals surface area (Å²) >= 11 is 0. The van der Waals surface area contributed by atoms with Gasteiger partial charge in [-0.2, -0.15) is 0 Å². The normalized spacial score (nSPS) is 12.1. The number of rotatable bonds is 9. The second-order valence-electron chi connectivity index (χ2n) is 12.7. The standard InChI is InChI=1S/C46H35O3P3/c47-50(37-18-5-1-6-19-37,38-20-7-2-8-21-38)41-28-32-43(33-29-41)52(49,46-27-15-17-36-16-13-14-26-45(36)46)44-34-30-42(31-35-44)51(48,39-22-9-3-10-23-39)40-24-11-4-12-25-40/h1-35H. The molecule has 8 rings (SSSR count). The molecule has 0 spiro atoms. The molecule has 0 amide bonds. The van der Waals surface area contributed by atoms with E-state index in [0.29, 0.717) is 21.2 Å². The highest BCUT2D eigenvalue weighted by Crippen LogP contribution is 2.47. The second-order valence-corrected chi connectivity index (χ2v) is 21.0. The van der Waals surface area contributed by atoms with Crippen LogP contribution < -0.4 is 47.7 Å². The van der Waals surface area contributed by atoms with Crippen LogP contribution in [0.2, 0.25) is 0 Å². The minimum Gasteiger partial charge on any atom is -0.309 e. The van der Waals surface area contributed by atoms with Crippen LogP contribution in [-0.2, 0) is 13.7 Å². The van der Waals surface area contributed by atoms with E-state index in [1.54, 1.807) is 0 Å². The van der Waals surface area contributed by atoms with Crippen LogP contribution in [0.25, 0.3) is 10.8 Å². The maximum absolute atomic E-state index is 16.1. The average molecular weight is 729 g/mol. The van der Waals surface area contributed by atoms with Crippen molar-refractivity contribution in [1.29, 1.82) is 0 Å². The van der Waals surface area contributed by atoms with Crippen molar-refractivity contribution in [3.63, 3.8) is 0 Å². The second kappa shape index (κ2) is 14.0. The number of fused-ring (bicyclic) bond motifs is 1. The predicted octanol–water partition coefficient (Wildman–Crippen LogP) is 7.76. The summed E-state index contributed by atoms with van der Waals surface area (Å²) in [5.41, 5.74) is 0. The van der Waals surface area contributed by atoms with Gasteiger partial charge in [-0.05, 0) is 10.8 Å². The molecule has 0 unspecified atom stereocenters. The van der Waals surface area contributed by atoms with Crippen molar-refractivity contribution in [3.05, 3.63) is 212 Å². The summed E-state index contributed by atoms with van der Waals surface area (Å²) in [6.07, 6.45) is 0. The molecule has 0 bridgehead atoms. The van der Waals surface area contributed by atoms with Crippen molar-refractivity contribution in [2.75, 3.05) is 0 Å². The SMILES string of the molecule is O=P(c1ccccc1)(c1ccccc1)c1ccc(P(=O)(c2ccc(P(=O)(c3ccccc3)c3ccccc3)cc2)c2cccc3ccccc23)cc1. The largest absolute Gasteiger partial charge is 0.309 e. The Balaban J connectivity index is 1.30. The Morgan fingerprint density at radius 3 is 0.865 bits per heavy atom. The van der Waals surface area contributed by atoms with Crippen molar-refractivity contribution >= 4 is 79.9 Å². The average Bonchev–Trinajstić information content (AvgIpc) is 3.24. The van der Waals surface area contributed by atoms with Crippen LogP contribution in [0.1, 0.15) is 0 Å². The Morgan fingerprint density at radius 1 is 0.231 bits per heavy atom. The molecule has 0 heterocycles. The van der Waals surface area contributed by atoms with E-state index in [1.165, 1.54) is 0 Å². The minimum absolute atomic E-state index is 0.627. The molecule has 8 aromatic rings. The summed E-state index contributed by atoms with van der Waals surface area (Å²) < 4.78 is 46.4. The van der Waals surface area contributed by atoms with Crippen LogP contribution in [-0.4, -0.2) is 0 Å². The van der Waals surface area contributed by atoms with Gasteiger partial charge in [0.1, 0.15) is 0 Å². The quantitative estimate of drug-likeness (QED) is 0.143. The third kappa shape index (κ3) is 5.77. The molecule has 0 N–H and O–H groups in total. The van der Waals surface area contributed by atoms with Crippen molar-refractivity contribution in [2.24, 2.45) is 0 Å². The molecule has 0 saturated carbocycles. The van der Waals surface area contributed by atoms with Gasteiger partial charge in [0.15, 0.2) is 21.4 Å². The molecule has 252 valence electrons. The Kier molecular flexibility index (Phi) is 9.13. The van der Waals surface area contributed by atoms with Crippen LogP contribution >= 0.6 is 21.4 Å². The molecule has 0 aliphatic rings. The predicted molar refractivity (Wildman–Crippen MR) is 222 cm³/mol. The zero-order valence-electron chi connectivity index (χ0n) is 28.3. The van der Waals surface area contributed by atoms with Crippen LogP contribution in [0, 0.1) is 0 Å². The van der Waals surface area contributed by atoms with E-state index in [1.807, 2.05) is 212 Å². The molecule has 0 aliphatic carbocycles. The maximum Gasteiger partial charge on any atom is 0.171 e. The van der Waals surface area contributed by atoms with E-state index in [2.05, 4.69) is 0 Å². The molecule has 52 heavy (non-hydrogen) atoms. The summed E-state index contributed by atoms with van der Waals surface area (Å²) in [6, 6.07) is 67.2. The lowest BCUT2D eigenvalue weighted by molar-refractivity contribution is 0.591. The maximum atomic E-state index is 16.1. The summed E-state index contributed by atoms with van der Waals surface area (Å²) in [7, 11) is -10.0. The van der Waals surface area contributed by atoms with E-state index in [4.69, 9.17) is 0 Å². The Morgan fingerprint density at radius 2 is 0.500 bits per heavy atom. The zero-order valence-corrected chi connectivity index (χ0v) is 31.0. The highest BCUT2D eigenvalue weighted by atomic mass is 31.2. The van der Waals surface area contributed by atoms with Crippen LogP contribution in [0.3, 0.4) is 0 Å². The number of hydrogen-bond acceptors (Lipinski definition) is 3. The van der Waals surface area contributed by atoms with Gasteiger partial charge in [-0.3, -0.25) is 0 Å². The highest BCUT2D eigenvalue weighted by molar-refractivity contribution is 7.86. The van der Waals surface area contributed by atoms with E-state index in [-0.39, 0.29) is 0 Å². The molecule has 0 aromatic heterocycles. The Bertz CT molecular complexity index is 2390. The first kappa shape index (κ1) is 33.8. The van der Waals surface area contributed by atoms with Gasteiger partial charge >= 0.3 is 0 Å². The van der Waals surface area contributed by atoms with Crippen LogP contribution in [0.5, 0.6) is 0 Å². The lowest BCUT2D eigenvalue weighted by atomic mass is 10.1. The van der Waals surface area contributed by atoms with E-state index in [0.717, 1.165) is 37.3 Å². The summed E-state index contributed by atoms with van der Waals surface area (Å²) in [6.45, 7) is 0. The van der Waals surface area contributed by atoms with Gasteiger partial charge in [0.25, 0.3) is 0 Å². The first-order chi connectivity index (χ1) is 25.4. The van der Waals surface area contributed by atoms with Gasteiger partial charge in [0.2, 0.25) is 0 Å². The third-order valence-electron chi connectivity index (χ3n) is 9.74. The third-order valence-corrected chi connectivity index (χ3v) is 19.0. The highest BCUT2D eigenvalue weighted by Gasteiger charge is 2.35. The fourth-order valence-electron chi connectivity index (χ4n) is 7.10. The van der Waals surface area contributed by atoms with Crippen molar-refractivity contribution in [1.82, 2.24) is 0 Å². The molecule has 0 fully saturated rings. The first-order valence-corrected chi connectivity index (χ1v) is 22.3. The molecule has 0 aliphatic heterocycles. The summed E-state index contributed by atoms with van der Waals surface area (Å²) in [5, 5.41) is 8.15. The smallest absolute Gasteiger partial charge is 0.171 e. The summed E-state index contributed by atoms with van der Waals surface area (Å²) in [5.74, 6) is 0. The van der Waals surface area contributed by atoms with Crippen LogP contribution in [0.15, 0.2) is 212 Å². The Hall–Kier alpha value is -5.29. The molecular weight excluding hydrogens is 693 g/mol. The minimum atomic E-state index is -3.53. The van der Waals surface area contributed by atoms with Crippen molar-refractivity contribution < 1.29 is 13.7 Å².